The molecule has 0 heterocycles. The number of benzene rings is 1. The number of nitrogens with zero attached hydrogens (tertiary/aromatic N) is 2. The van der Waals surface area contributed by atoms with Crippen LogP contribution >= 0.6 is 0 Å². The van der Waals surface area contributed by atoms with Gasteiger partial charge in [0.25, 0.3) is 0 Å². The average molecular weight is 311 g/mol. The van der Waals surface area contributed by atoms with Crippen LogP contribution in [0.5, 0.6) is 0 Å². The van der Waals surface area contributed by atoms with Gasteiger partial charge in [0.15, 0.2) is 0 Å². The zero-order valence-electron chi connectivity index (χ0n) is 11.8. The molecule has 0 aliphatic rings. The first-order valence-corrected chi connectivity index (χ1v) is 7.67. The van der Waals surface area contributed by atoms with Crippen LogP contribution in [0.2, 0.25) is 0 Å². The Morgan fingerprint density at radius 1 is 1.48 bits per heavy atom. The van der Waals surface area contributed by atoms with Crippen molar-refractivity contribution in [2.24, 2.45) is 0 Å². The van der Waals surface area contributed by atoms with Crippen LogP contribution in [0.4, 0.5) is 5.69 Å². The maximum atomic E-state index is 12.6. The molecule has 0 radical (unpaired) electrons. The molecule has 0 saturated carbocycles. The van der Waals surface area contributed by atoms with E-state index in [0.717, 1.165) is 10.4 Å². The predicted octanol–water partition coefficient (Wildman–Crippen LogP) is 1.28. The predicted molar refractivity (Wildman–Crippen MR) is 77.1 cm³/mol. The Kier molecular flexibility index (Phi) is 5.29. The number of rotatable bonds is 6. The fraction of sp³-hybridized carbons (Fsp3) is 0.385. The van der Waals surface area contributed by atoms with E-state index in [9.17, 15) is 13.2 Å². The number of nitriles is 1. The highest BCUT2D eigenvalue weighted by atomic mass is 32.2. The molecule has 0 fully saturated rings. The summed E-state index contributed by atoms with van der Waals surface area (Å²) in [4.78, 5) is 10.9. The van der Waals surface area contributed by atoms with Crippen LogP contribution in [0.3, 0.4) is 0 Å². The Balaban J connectivity index is 3.42. The van der Waals surface area contributed by atoms with Gasteiger partial charge < -0.3 is 10.8 Å². The number of sulfonamides is 1. The minimum absolute atomic E-state index is 0.0000640. The smallest absolute Gasteiger partial charge is 0.337 e. The van der Waals surface area contributed by atoms with Gasteiger partial charge in [0, 0.05) is 24.7 Å². The Hall–Kier alpha value is -2.11. The Labute approximate surface area is 123 Å². The van der Waals surface area contributed by atoms with Crippen molar-refractivity contribution < 1.29 is 18.3 Å². The molecule has 0 unspecified atom stereocenters. The van der Waals surface area contributed by atoms with Crippen LogP contribution < -0.4 is 5.73 Å². The highest BCUT2D eigenvalue weighted by Crippen LogP contribution is 2.24. The van der Waals surface area contributed by atoms with E-state index in [4.69, 9.17) is 16.1 Å². The Morgan fingerprint density at radius 2 is 2.10 bits per heavy atom. The van der Waals surface area contributed by atoms with Crippen molar-refractivity contribution in [2.75, 3.05) is 12.3 Å². The molecule has 0 bridgehead atoms. The standard InChI is InChI=1S/C13H17N3O4S/c1-9(2)16(7-3-6-14)21(19,20)12-5-4-10(15)8-11(12)13(17)18/h4-5,8-9H,3,7,15H2,1-2H3,(H,17,18). The molecule has 1 aromatic carbocycles. The average Bonchev–Trinajstić information content (AvgIpc) is 2.37. The number of anilines is 1. The lowest BCUT2D eigenvalue weighted by molar-refractivity contribution is 0.0692. The number of nitrogen functional groups attached to an aromatic ring is 1. The van der Waals surface area contributed by atoms with Crippen LogP contribution in [0, 0.1) is 11.3 Å². The lowest BCUT2D eigenvalue weighted by Crippen LogP contribution is -2.38. The molecule has 1 rings (SSSR count). The maximum absolute atomic E-state index is 12.6. The molecule has 0 aliphatic heterocycles. The molecule has 0 aliphatic carbocycles. The van der Waals surface area contributed by atoms with Gasteiger partial charge in [-0.15, -0.1) is 0 Å². The van der Waals surface area contributed by atoms with Crippen molar-refractivity contribution >= 4 is 21.7 Å². The fourth-order valence-corrected chi connectivity index (χ4v) is 3.69. The third kappa shape index (κ3) is 3.71. The number of carboxylic acid groups (broad SMARTS) is 1. The van der Waals surface area contributed by atoms with Crippen LogP contribution in [-0.2, 0) is 10.0 Å². The van der Waals surface area contributed by atoms with Crippen LogP contribution in [0.15, 0.2) is 23.1 Å². The van der Waals surface area contributed by atoms with Gasteiger partial charge in [-0.1, -0.05) is 0 Å². The van der Waals surface area contributed by atoms with Gasteiger partial charge in [0.1, 0.15) is 0 Å². The lowest BCUT2D eigenvalue weighted by Gasteiger charge is -2.25. The van der Waals surface area contributed by atoms with Crippen molar-refractivity contribution in [1.29, 1.82) is 5.26 Å². The first-order chi connectivity index (χ1) is 9.71. The first kappa shape index (κ1) is 16.9. The molecule has 21 heavy (non-hydrogen) atoms. The van der Waals surface area contributed by atoms with Crippen LogP contribution in [0.1, 0.15) is 30.6 Å². The van der Waals surface area contributed by atoms with Crippen molar-refractivity contribution in [3.05, 3.63) is 23.8 Å². The fourth-order valence-electron chi connectivity index (χ4n) is 1.88. The summed E-state index contributed by atoms with van der Waals surface area (Å²) in [5, 5.41) is 17.8. The second kappa shape index (κ2) is 6.56. The van der Waals surface area contributed by atoms with Gasteiger partial charge in [-0.3, -0.25) is 0 Å². The largest absolute Gasteiger partial charge is 0.478 e. The van der Waals surface area contributed by atoms with E-state index in [-0.39, 0.29) is 29.1 Å². The molecule has 3 N–H and O–H groups in total. The van der Waals surface area contributed by atoms with E-state index >= 15 is 0 Å². The highest BCUT2D eigenvalue weighted by molar-refractivity contribution is 7.89. The SMILES string of the molecule is CC(C)N(CCC#N)S(=O)(=O)c1ccc(N)cc1C(=O)O. The number of nitrogens with two attached hydrogens (primary N) is 1. The summed E-state index contributed by atoms with van der Waals surface area (Å²) >= 11 is 0. The molecule has 7 nitrogen and oxygen atoms in total. The number of hydrogen-bond donors (Lipinski definition) is 2. The maximum Gasteiger partial charge on any atom is 0.337 e. The summed E-state index contributed by atoms with van der Waals surface area (Å²) in [5.41, 5.74) is 5.30. The van der Waals surface area contributed by atoms with Crippen molar-refractivity contribution in [1.82, 2.24) is 4.31 Å². The molecule has 8 heteroatoms. The van der Waals surface area contributed by atoms with E-state index in [1.807, 2.05) is 6.07 Å². The Bertz CT molecular complexity index is 677. The normalized spacial score (nSPS) is 11.6. The summed E-state index contributed by atoms with van der Waals surface area (Å²) < 4.78 is 26.4. The van der Waals surface area contributed by atoms with Gasteiger partial charge in [0.05, 0.1) is 16.5 Å². The van der Waals surface area contributed by atoms with Crippen LogP contribution in [-0.4, -0.2) is 36.4 Å². The molecule has 0 aromatic heterocycles. The second-order valence-electron chi connectivity index (χ2n) is 4.68. The number of aromatic carboxylic acids is 1. The Morgan fingerprint density at radius 3 is 2.57 bits per heavy atom. The zero-order valence-corrected chi connectivity index (χ0v) is 12.6. The third-order valence-corrected chi connectivity index (χ3v) is 4.97. The van der Waals surface area contributed by atoms with E-state index in [1.54, 1.807) is 13.8 Å². The monoisotopic (exact) mass is 311 g/mol. The van der Waals surface area contributed by atoms with E-state index < -0.39 is 22.0 Å². The highest BCUT2D eigenvalue weighted by Gasteiger charge is 2.30. The minimum Gasteiger partial charge on any atom is -0.478 e. The molecule has 114 valence electrons. The molecule has 0 saturated heterocycles. The quantitative estimate of drug-likeness (QED) is 0.762. The van der Waals surface area contributed by atoms with Gasteiger partial charge in [-0.25, -0.2) is 13.2 Å². The summed E-state index contributed by atoms with van der Waals surface area (Å²) in [6.07, 6.45) is 0.0226. The van der Waals surface area contributed by atoms with Gasteiger partial charge in [-0.2, -0.15) is 9.57 Å². The van der Waals surface area contributed by atoms with Crippen molar-refractivity contribution in [2.45, 2.75) is 31.2 Å². The topological polar surface area (TPSA) is 124 Å². The van der Waals surface area contributed by atoms with E-state index in [2.05, 4.69) is 0 Å². The number of carbonyl (C=O) groups is 1. The molecular weight excluding hydrogens is 294 g/mol. The number of carboxylic acids is 1. The summed E-state index contributed by atoms with van der Waals surface area (Å²) in [6, 6.07) is 5.10. The number of hydrogen-bond acceptors (Lipinski definition) is 5. The summed E-state index contributed by atoms with van der Waals surface area (Å²) in [5.74, 6) is -1.37. The second-order valence-corrected chi connectivity index (χ2v) is 6.54. The summed E-state index contributed by atoms with van der Waals surface area (Å²) in [7, 11) is -4.02. The zero-order chi connectivity index (χ0) is 16.2. The van der Waals surface area contributed by atoms with Crippen molar-refractivity contribution in [3.63, 3.8) is 0 Å². The molecule has 0 spiro atoms. The van der Waals surface area contributed by atoms with Gasteiger partial charge in [-0.05, 0) is 32.0 Å². The molecule has 0 atom stereocenters. The van der Waals surface area contributed by atoms with E-state index in [0.29, 0.717) is 0 Å². The van der Waals surface area contributed by atoms with Gasteiger partial charge in [0.2, 0.25) is 10.0 Å². The minimum atomic E-state index is -4.02. The van der Waals surface area contributed by atoms with Crippen LogP contribution in [0.25, 0.3) is 0 Å². The lowest BCUT2D eigenvalue weighted by atomic mass is 10.2. The van der Waals surface area contributed by atoms with E-state index in [1.165, 1.54) is 12.1 Å². The first-order valence-electron chi connectivity index (χ1n) is 6.23. The van der Waals surface area contributed by atoms with Gasteiger partial charge >= 0.3 is 5.97 Å². The molecule has 1 aromatic rings. The molecule has 0 amide bonds. The summed E-state index contributed by atoms with van der Waals surface area (Å²) in [6.45, 7) is 3.32. The molecular formula is C13H17N3O4S. The van der Waals surface area contributed by atoms with Crippen molar-refractivity contribution in [3.8, 4) is 6.07 Å². The third-order valence-electron chi connectivity index (χ3n) is 2.84.